The van der Waals surface area contributed by atoms with E-state index in [1.54, 1.807) is 6.20 Å². The number of anilines is 2. The largest absolute Gasteiger partial charge is 0.383 e. The zero-order valence-electron chi connectivity index (χ0n) is 15.0. The quantitative estimate of drug-likeness (QED) is 0.749. The summed E-state index contributed by atoms with van der Waals surface area (Å²) in [5.41, 5.74) is 9.15. The number of ether oxygens (including phenoxy) is 1. The Morgan fingerprint density at radius 2 is 2.00 bits per heavy atom. The van der Waals surface area contributed by atoms with Crippen molar-refractivity contribution < 1.29 is 9.53 Å². The molecular formula is C21H20N4O2. The lowest BCUT2D eigenvalue weighted by atomic mass is 10.0. The molecule has 1 aromatic carbocycles. The van der Waals surface area contributed by atoms with Crippen molar-refractivity contribution in [2.75, 3.05) is 24.3 Å². The number of hydrogen-bond acceptors (Lipinski definition) is 5. The summed E-state index contributed by atoms with van der Waals surface area (Å²) in [4.78, 5) is 21.4. The molecule has 2 unspecified atom stereocenters. The SMILES string of the molecule is Cc1ccccc1-c1cc2cc(NC(=O)C3C4COC[C@H]43)ncc2c(N)n1. The first-order valence-electron chi connectivity index (χ1n) is 9.13. The zero-order chi connectivity index (χ0) is 18.5. The van der Waals surface area contributed by atoms with Gasteiger partial charge in [0.2, 0.25) is 5.91 Å². The van der Waals surface area contributed by atoms with Gasteiger partial charge in [-0.15, -0.1) is 0 Å². The smallest absolute Gasteiger partial charge is 0.229 e. The molecule has 2 aliphatic rings. The number of carbonyl (C=O) groups excluding carboxylic acids is 1. The lowest BCUT2D eigenvalue weighted by Crippen LogP contribution is -2.19. The Bertz CT molecular complexity index is 1060. The molecule has 3 aromatic rings. The number of aryl methyl sites for hydroxylation is 1. The van der Waals surface area contributed by atoms with E-state index in [1.807, 2.05) is 43.3 Å². The van der Waals surface area contributed by atoms with Crippen LogP contribution in [0, 0.1) is 24.7 Å². The fourth-order valence-corrected chi connectivity index (χ4v) is 4.08. The van der Waals surface area contributed by atoms with E-state index in [9.17, 15) is 4.79 Å². The van der Waals surface area contributed by atoms with Crippen molar-refractivity contribution in [2.24, 2.45) is 17.8 Å². The molecule has 5 rings (SSSR count). The van der Waals surface area contributed by atoms with Gasteiger partial charge in [-0.2, -0.15) is 0 Å². The Morgan fingerprint density at radius 3 is 2.78 bits per heavy atom. The lowest BCUT2D eigenvalue weighted by molar-refractivity contribution is -0.118. The number of benzene rings is 1. The molecule has 3 atom stereocenters. The topological polar surface area (TPSA) is 90.1 Å². The van der Waals surface area contributed by atoms with E-state index >= 15 is 0 Å². The minimum Gasteiger partial charge on any atom is -0.383 e. The predicted octanol–water partition coefficient (Wildman–Crippen LogP) is 3.02. The van der Waals surface area contributed by atoms with E-state index in [4.69, 9.17) is 10.5 Å². The number of nitrogens with zero attached hydrogens (tertiary/aromatic N) is 2. The van der Waals surface area contributed by atoms with Crippen LogP contribution in [0.15, 0.2) is 42.6 Å². The molecular weight excluding hydrogens is 340 g/mol. The molecule has 27 heavy (non-hydrogen) atoms. The van der Waals surface area contributed by atoms with Crippen LogP contribution in [0.3, 0.4) is 0 Å². The van der Waals surface area contributed by atoms with Gasteiger partial charge in [0.05, 0.1) is 18.9 Å². The molecule has 6 nitrogen and oxygen atoms in total. The summed E-state index contributed by atoms with van der Waals surface area (Å²) in [5, 5.41) is 4.64. The maximum Gasteiger partial charge on any atom is 0.229 e. The maximum atomic E-state index is 12.5. The van der Waals surface area contributed by atoms with E-state index < -0.39 is 0 Å². The Balaban J connectivity index is 1.47. The first-order chi connectivity index (χ1) is 13.1. The Kier molecular flexibility index (Phi) is 3.62. The maximum absolute atomic E-state index is 12.5. The van der Waals surface area contributed by atoms with Crippen molar-refractivity contribution in [2.45, 2.75) is 6.92 Å². The molecule has 0 spiro atoms. The molecule has 1 amide bonds. The molecule has 0 radical (unpaired) electrons. The molecule has 6 heteroatoms. The van der Waals surface area contributed by atoms with Crippen LogP contribution in [0.5, 0.6) is 0 Å². The third kappa shape index (κ3) is 2.73. The van der Waals surface area contributed by atoms with E-state index in [-0.39, 0.29) is 11.8 Å². The summed E-state index contributed by atoms with van der Waals surface area (Å²) < 4.78 is 5.36. The minimum absolute atomic E-state index is 0.0290. The lowest BCUT2D eigenvalue weighted by Gasteiger charge is -2.10. The second-order valence-electron chi connectivity index (χ2n) is 7.38. The van der Waals surface area contributed by atoms with Crippen LogP contribution in [0.25, 0.3) is 22.0 Å². The van der Waals surface area contributed by atoms with Crippen molar-refractivity contribution in [1.82, 2.24) is 9.97 Å². The number of hydrogen-bond donors (Lipinski definition) is 2. The van der Waals surface area contributed by atoms with Crippen molar-refractivity contribution in [3.05, 3.63) is 48.2 Å². The van der Waals surface area contributed by atoms with E-state index in [2.05, 4.69) is 15.3 Å². The fourth-order valence-electron chi connectivity index (χ4n) is 4.08. The monoisotopic (exact) mass is 360 g/mol. The van der Waals surface area contributed by atoms with E-state index in [0.29, 0.717) is 36.7 Å². The molecule has 3 N–H and O–H groups in total. The summed E-state index contributed by atoms with van der Waals surface area (Å²) >= 11 is 0. The van der Waals surface area contributed by atoms with Crippen molar-refractivity contribution in [1.29, 1.82) is 0 Å². The summed E-state index contributed by atoms with van der Waals surface area (Å²) in [6.07, 6.45) is 1.67. The van der Waals surface area contributed by atoms with Crippen molar-refractivity contribution >= 4 is 28.3 Å². The number of carbonyl (C=O) groups is 1. The summed E-state index contributed by atoms with van der Waals surface area (Å²) in [6, 6.07) is 11.9. The van der Waals surface area contributed by atoms with E-state index in [0.717, 1.165) is 27.6 Å². The molecule has 1 saturated heterocycles. The van der Waals surface area contributed by atoms with Gasteiger partial charge in [0.1, 0.15) is 11.6 Å². The van der Waals surface area contributed by atoms with Crippen LogP contribution in [0.4, 0.5) is 11.6 Å². The first-order valence-corrected chi connectivity index (χ1v) is 9.13. The predicted molar refractivity (Wildman–Crippen MR) is 104 cm³/mol. The molecule has 0 bridgehead atoms. The van der Waals surface area contributed by atoms with Gasteiger partial charge >= 0.3 is 0 Å². The molecule has 136 valence electrons. The minimum atomic E-state index is 0.0290. The van der Waals surface area contributed by atoms with Gasteiger partial charge in [0, 0.05) is 23.1 Å². The molecule has 3 heterocycles. The highest BCUT2D eigenvalue weighted by Crippen LogP contribution is 2.51. The second-order valence-corrected chi connectivity index (χ2v) is 7.38. The van der Waals surface area contributed by atoms with Gasteiger partial charge in [-0.1, -0.05) is 24.3 Å². The highest BCUT2D eigenvalue weighted by Gasteiger charge is 2.58. The third-order valence-electron chi connectivity index (χ3n) is 5.67. The number of nitrogen functional groups attached to an aromatic ring is 1. The molecule has 2 fully saturated rings. The van der Waals surface area contributed by atoms with E-state index in [1.165, 1.54) is 0 Å². The zero-order valence-corrected chi connectivity index (χ0v) is 15.0. The molecule has 2 aromatic heterocycles. The number of pyridine rings is 2. The standard InChI is InChI=1S/C21H20N4O2/c1-11-4-2-3-5-13(11)17-6-12-7-18(23-8-14(12)20(22)24-17)25-21(26)19-15-9-27-10-16(15)19/h2-8,15-16,19H,9-10H2,1H3,(H2,22,24)(H,23,25,26)/t15-,16?,19?/m1/s1. The van der Waals surface area contributed by atoms with Crippen LogP contribution in [-0.4, -0.2) is 29.1 Å². The number of rotatable bonds is 3. The number of nitrogens with two attached hydrogens (primary N) is 1. The number of amides is 1. The van der Waals surface area contributed by atoms with Gasteiger partial charge in [-0.25, -0.2) is 9.97 Å². The normalized spacial score (nSPS) is 23.2. The fraction of sp³-hybridized carbons (Fsp3) is 0.286. The average molecular weight is 360 g/mol. The average Bonchev–Trinajstić information content (AvgIpc) is 3.14. The highest BCUT2D eigenvalue weighted by molar-refractivity contribution is 5.98. The summed E-state index contributed by atoms with van der Waals surface area (Å²) in [5.74, 6) is 1.81. The first kappa shape index (κ1) is 16.2. The van der Waals surface area contributed by atoms with Gasteiger partial charge in [0.15, 0.2) is 0 Å². The van der Waals surface area contributed by atoms with Gasteiger partial charge < -0.3 is 15.8 Å². The molecule has 1 saturated carbocycles. The van der Waals surface area contributed by atoms with Gasteiger partial charge in [-0.3, -0.25) is 4.79 Å². The van der Waals surface area contributed by atoms with Gasteiger partial charge in [0.25, 0.3) is 0 Å². The summed E-state index contributed by atoms with van der Waals surface area (Å²) in [6.45, 7) is 3.43. The molecule has 1 aliphatic carbocycles. The van der Waals surface area contributed by atoms with Crippen molar-refractivity contribution in [3.8, 4) is 11.3 Å². The molecule has 1 aliphatic heterocycles. The number of aromatic nitrogens is 2. The Hall–Kier alpha value is -2.99. The van der Waals surface area contributed by atoms with Crippen LogP contribution in [-0.2, 0) is 9.53 Å². The summed E-state index contributed by atoms with van der Waals surface area (Å²) in [7, 11) is 0. The van der Waals surface area contributed by atoms with Crippen molar-refractivity contribution in [3.63, 3.8) is 0 Å². The Morgan fingerprint density at radius 1 is 1.22 bits per heavy atom. The Labute approximate surface area is 156 Å². The van der Waals surface area contributed by atoms with Crippen LogP contribution in [0.1, 0.15) is 5.56 Å². The highest BCUT2D eigenvalue weighted by atomic mass is 16.5. The van der Waals surface area contributed by atoms with Crippen LogP contribution >= 0.6 is 0 Å². The van der Waals surface area contributed by atoms with Crippen LogP contribution < -0.4 is 11.1 Å². The number of nitrogens with one attached hydrogen (secondary N) is 1. The second kappa shape index (κ2) is 6.03. The van der Waals surface area contributed by atoms with Crippen LogP contribution in [0.2, 0.25) is 0 Å². The van der Waals surface area contributed by atoms with Gasteiger partial charge in [-0.05, 0) is 41.8 Å². The number of fused-ring (bicyclic) bond motifs is 2. The third-order valence-corrected chi connectivity index (χ3v) is 5.67.